The Bertz CT molecular complexity index is 1050. The second kappa shape index (κ2) is 9.68. The van der Waals surface area contributed by atoms with E-state index < -0.39 is 41.7 Å². The van der Waals surface area contributed by atoms with Crippen LogP contribution in [0.2, 0.25) is 27.3 Å². The highest BCUT2D eigenvalue weighted by Crippen LogP contribution is 2.48. The maximum absolute atomic E-state index is 11.6. The first kappa shape index (κ1) is 27.0. The van der Waals surface area contributed by atoms with Gasteiger partial charge in [-0.1, -0.05) is 67.0 Å². The fourth-order valence-electron chi connectivity index (χ4n) is 5.58. The highest BCUT2D eigenvalue weighted by molar-refractivity contribution is 6.84. The van der Waals surface area contributed by atoms with Crippen molar-refractivity contribution < 1.29 is 22.8 Å². The molecule has 4 heterocycles. The maximum atomic E-state index is 11.6. The van der Waals surface area contributed by atoms with Crippen LogP contribution in [0.15, 0.2) is 12.3 Å². The van der Waals surface area contributed by atoms with Gasteiger partial charge in [0, 0.05) is 6.20 Å². The van der Waals surface area contributed by atoms with Crippen LogP contribution >= 0.6 is 11.6 Å². The Balaban J connectivity index is 1.78. The molecule has 0 amide bonds. The van der Waals surface area contributed by atoms with E-state index in [-0.39, 0.29) is 33.3 Å². The number of nitrogen functional groups attached to an aromatic ring is 1. The number of aliphatic hydroxyl groups excluding tert-OH is 1. The zero-order valence-corrected chi connectivity index (χ0v) is 24.6. The van der Waals surface area contributed by atoms with Gasteiger partial charge in [0.05, 0.1) is 12.0 Å². The summed E-state index contributed by atoms with van der Waals surface area (Å²) in [6.07, 6.45) is -0.981. The highest BCUT2D eigenvalue weighted by Gasteiger charge is 2.61. The molecule has 0 aromatic carbocycles. The van der Waals surface area contributed by atoms with Crippen LogP contribution in [0.1, 0.15) is 61.6 Å². The SMILES string of the molecule is CC(C)[Si]1(C(C)C)OC[C@H]2O[C@@H](n3ccc4c(Cl)nc(N)nc43)[C@@H](O)[C@@H]2O[Si](C(C)C)(C(C)C)O1. The number of fused-ring (bicyclic) bond motifs is 2. The van der Waals surface area contributed by atoms with Gasteiger partial charge in [0.2, 0.25) is 5.95 Å². The molecule has 0 radical (unpaired) electrons. The van der Waals surface area contributed by atoms with E-state index in [1.807, 2.05) is 0 Å². The number of nitrogens with two attached hydrogens (primary N) is 1. The Hall–Kier alpha value is -1.06. The molecule has 2 aromatic rings. The van der Waals surface area contributed by atoms with Crippen molar-refractivity contribution >= 4 is 45.7 Å². The molecule has 2 saturated heterocycles. The topological polar surface area (TPSA) is 114 Å². The van der Waals surface area contributed by atoms with Crippen LogP contribution in [0.3, 0.4) is 0 Å². The summed E-state index contributed by atoms with van der Waals surface area (Å²) in [7, 11) is -5.57. The van der Waals surface area contributed by atoms with Gasteiger partial charge in [0.25, 0.3) is 0 Å². The molecule has 35 heavy (non-hydrogen) atoms. The third kappa shape index (κ3) is 4.37. The molecule has 0 unspecified atom stereocenters. The van der Waals surface area contributed by atoms with Gasteiger partial charge in [0.1, 0.15) is 29.1 Å². The summed E-state index contributed by atoms with van der Waals surface area (Å²) in [5.74, 6) is 0.0598. The largest absolute Gasteiger partial charge is 0.414 e. The Morgan fingerprint density at radius 1 is 1.03 bits per heavy atom. The van der Waals surface area contributed by atoms with Crippen LogP contribution in [-0.2, 0) is 17.7 Å². The lowest BCUT2D eigenvalue weighted by Crippen LogP contribution is -2.65. The van der Waals surface area contributed by atoms with Crippen molar-refractivity contribution in [2.45, 2.75) is 102 Å². The molecular formula is C23H39ClN4O5Si2. The smallest absolute Gasteiger partial charge is 0.335 e. The van der Waals surface area contributed by atoms with Crippen molar-refractivity contribution in [2.75, 3.05) is 12.3 Å². The van der Waals surface area contributed by atoms with Crippen LogP contribution in [-0.4, -0.2) is 61.7 Å². The van der Waals surface area contributed by atoms with Crippen LogP contribution in [0, 0.1) is 0 Å². The number of aliphatic hydroxyl groups is 1. The quantitative estimate of drug-likeness (QED) is 0.406. The maximum Gasteiger partial charge on any atom is 0.335 e. The summed E-state index contributed by atoms with van der Waals surface area (Å²) in [6.45, 7) is 17.6. The van der Waals surface area contributed by atoms with Crippen molar-refractivity contribution in [3.63, 3.8) is 0 Å². The zero-order valence-electron chi connectivity index (χ0n) is 21.9. The molecule has 0 spiro atoms. The molecule has 2 aliphatic rings. The Labute approximate surface area is 214 Å². The Kier molecular flexibility index (Phi) is 7.46. The Morgan fingerprint density at radius 3 is 2.20 bits per heavy atom. The van der Waals surface area contributed by atoms with E-state index >= 15 is 0 Å². The van der Waals surface area contributed by atoms with E-state index in [1.54, 1.807) is 16.8 Å². The van der Waals surface area contributed by atoms with Crippen molar-refractivity contribution in [2.24, 2.45) is 0 Å². The second-order valence-corrected chi connectivity index (χ2v) is 20.1. The van der Waals surface area contributed by atoms with Gasteiger partial charge >= 0.3 is 17.1 Å². The normalized spacial score (nSPS) is 28.7. The van der Waals surface area contributed by atoms with Crippen molar-refractivity contribution in [3.05, 3.63) is 17.4 Å². The summed E-state index contributed by atoms with van der Waals surface area (Å²) in [6, 6.07) is 1.80. The van der Waals surface area contributed by atoms with Gasteiger partial charge in [-0.05, 0) is 28.2 Å². The van der Waals surface area contributed by atoms with Crippen LogP contribution < -0.4 is 5.73 Å². The third-order valence-electron chi connectivity index (χ3n) is 7.46. The molecule has 3 N–H and O–H groups in total. The van der Waals surface area contributed by atoms with Gasteiger partial charge in [-0.2, -0.15) is 4.98 Å². The van der Waals surface area contributed by atoms with E-state index in [9.17, 15) is 5.11 Å². The van der Waals surface area contributed by atoms with Gasteiger partial charge in [-0.15, -0.1) is 0 Å². The fourth-order valence-corrected chi connectivity index (χ4v) is 17.0. The molecule has 4 rings (SSSR count). The molecular weight excluding hydrogens is 504 g/mol. The molecule has 12 heteroatoms. The molecule has 0 aliphatic carbocycles. The number of aromatic nitrogens is 3. The van der Waals surface area contributed by atoms with Crippen molar-refractivity contribution in [3.8, 4) is 0 Å². The van der Waals surface area contributed by atoms with Crippen LogP contribution in [0.4, 0.5) is 5.95 Å². The molecule has 196 valence electrons. The molecule has 0 bridgehead atoms. The van der Waals surface area contributed by atoms with E-state index in [2.05, 4.69) is 65.4 Å². The summed E-state index contributed by atoms with van der Waals surface area (Å²) < 4.78 is 29.2. The average Bonchev–Trinajstić information content (AvgIpc) is 3.28. The summed E-state index contributed by atoms with van der Waals surface area (Å²) in [4.78, 5) is 8.39. The monoisotopic (exact) mass is 542 g/mol. The number of hydrogen-bond acceptors (Lipinski definition) is 8. The van der Waals surface area contributed by atoms with Crippen molar-refractivity contribution in [1.82, 2.24) is 14.5 Å². The minimum atomic E-state index is -2.87. The van der Waals surface area contributed by atoms with E-state index in [1.165, 1.54) is 0 Å². The predicted octanol–water partition coefficient (Wildman–Crippen LogP) is 4.88. The lowest BCUT2D eigenvalue weighted by atomic mass is 10.1. The van der Waals surface area contributed by atoms with E-state index in [0.29, 0.717) is 17.6 Å². The second-order valence-electron chi connectivity index (χ2n) is 10.9. The zero-order chi connectivity index (χ0) is 25.9. The lowest BCUT2D eigenvalue weighted by Gasteiger charge is -2.51. The number of ether oxygens (including phenoxy) is 1. The molecule has 2 aliphatic heterocycles. The minimum absolute atomic E-state index is 0.0598. The number of anilines is 1. The average molecular weight is 543 g/mol. The number of rotatable bonds is 5. The van der Waals surface area contributed by atoms with Crippen molar-refractivity contribution in [1.29, 1.82) is 0 Å². The number of nitrogens with zero attached hydrogens (tertiary/aromatic N) is 3. The third-order valence-corrected chi connectivity index (χ3v) is 18.0. The first-order valence-electron chi connectivity index (χ1n) is 12.5. The summed E-state index contributed by atoms with van der Waals surface area (Å²) in [5, 5.41) is 12.5. The summed E-state index contributed by atoms with van der Waals surface area (Å²) >= 11 is 6.28. The Morgan fingerprint density at radius 2 is 1.63 bits per heavy atom. The highest BCUT2D eigenvalue weighted by atomic mass is 35.5. The van der Waals surface area contributed by atoms with E-state index in [4.69, 9.17) is 35.0 Å². The lowest BCUT2D eigenvalue weighted by molar-refractivity contribution is -0.0568. The van der Waals surface area contributed by atoms with Gasteiger partial charge < -0.3 is 33.1 Å². The number of halogens is 1. The van der Waals surface area contributed by atoms with Crippen LogP contribution in [0.5, 0.6) is 0 Å². The van der Waals surface area contributed by atoms with Gasteiger partial charge in [-0.25, -0.2) is 4.98 Å². The van der Waals surface area contributed by atoms with Gasteiger partial charge in [-0.3, -0.25) is 0 Å². The number of hydrogen-bond donors (Lipinski definition) is 2. The molecule has 2 fully saturated rings. The van der Waals surface area contributed by atoms with Gasteiger partial charge in [0.15, 0.2) is 6.23 Å². The standard InChI is InChI=1S/C23H39ClN4O5Si2/c1-12(2)34(13(3)4)30-11-17-19(32-35(33-34,14(5)6)15(7)8)18(29)22(31-17)28-10-9-16-20(24)26-23(25)27-21(16)28/h9-10,12-15,17-19,22,29H,11H2,1-8H3,(H2,25,26,27)/t17-,18+,19-,22-/m1/s1. The van der Waals surface area contributed by atoms with Crippen LogP contribution in [0.25, 0.3) is 11.0 Å². The fraction of sp³-hybridized carbons (Fsp3) is 0.739. The predicted molar refractivity (Wildman–Crippen MR) is 141 cm³/mol. The first-order valence-corrected chi connectivity index (χ1v) is 16.8. The minimum Gasteiger partial charge on any atom is -0.414 e. The molecule has 4 atom stereocenters. The molecule has 2 aromatic heterocycles. The molecule has 0 saturated carbocycles. The molecule has 9 nitrogen and oxygen atoms in total. The summed E-state index contributed by atoms with van der Waals surface area (Å²) in [5.41, 5.74) is 7.12. The van der Waals surface area contributed by atoms with E-state index in [0.717, 1.165) is 0 Å². The first-order chi connectivity index (χ1) is 16.3.